The van der Waals surface area contributed by atoms with Gasteiger partial charge in [0, 0.05) is 30.0 Å². The van der Waals surface area contributed by atoms with Gasteiger partial charge >= 0.3 is 0 Å². The number of aliphatic imine (C=N–C) groups is 1. The smallest absolute Gasteiger partial charge is 0.191 e. The van der Waals surface area contributed by atoms with Crippen molar-refractivity contribution in [3.05, 3.63) is 35.6 Å². The van der Waals surface area contributed by atoms with Crippen molar-refractivity contribution in [3.8, 4) is 0 Å². The second kappa shape index (κ2) is 7.17. The Labute approximate surface area is 146 Å². The van der Waals surface area contributed by atoms with Crippen molar-refractivity contribution in [1.29, 1.82) is 0 Å². The standard InChI is InChI=1S/C15H20FN3S.HI/c16-13-4-2-1-3-12(13)15(5-6-15)11-18-14(17)19-7-9-20-10-8-19;/h1-4H,5-11H2,(H2,17,18);1H. The summed E-state index contributed by atoms with van der Waals surface area (Å²) in [7, 11) is 0. The third-order valence-electron chi connectivity index (χ3n) is 4.18. The topological polar surface area (TPSA) is 41.6 Å². The molecule has 0 spiro atoms. The SMILES string of the molecule is I.NC(=NCC1(c2ccccc2F)CC1)N1CCSCC1. The van der Waals surface area contributed by atoms with E-state index >= 15 is 0 Å². The number of guanidine groups is 1. The molecule has 0 bridgehead atoms. The van der Waals surface area contributed by atoms with Crippen LogP contribution in [0.5, 0.6) is 0 Å². The van der Waals surface area contributed by atoms with E-state index in [1.807, 2.05) is 23.9 Å². The number of benzene rings is 1. The van der Waals surface area contributed by atoms with Crippen molar-refractivity contribution in [2.24, 2.45) is 10.7 Å². The molecule has 0 atom stereocenters. The molecule has 0 amide bonds. The average Bonchev–Trinajstić information content (AvgIpc) is 3.27. The molecule has 116 valence electrons. The van der Waals surface area contributed by atoms with Crippen molar-refractivity contribution in [1.82, 2.24) is 4.90 Å². The highest BCUT2D eigenvalue weighted by Gasteiger charge is 2.45. The molecule has 3 rings (SSSR count). The Morgan fingerprint density at radius 2 is 1.95 bits per heavy atom. The Hall–Kier alpha value is -0.500. The van der Waals surface area contributed by atoms with Gasteiger partial charge in [0.25, 0.3) is 0 Å². The van der Waals surface area contributed by atoms with Gasteiger partial charge in [0.2, 0.25) is 0 Å². The molecule has 2 fully saturated rings. The van der Waals surface area contributed by atoms with Crippen molar-refractivity contribution < 1.29 is 4.39 Å². The summed E-state index contributed by atoms with van der Waals surface area (Å²) in [6, 6.07) is 7.04. The number of thioether (sulfide) groups is 1. The molecule has 1 aromatic carbocycles. The van der Waals surface area contributed by atoms with Crippen molar-refractivity contribution in [3.63, 3.8) is 0 Å². The van der Waals surface area contributed by atoms with Crippen molar-refractivity contribution in [2.45, 2.75) is 18.3 Å². The van der Waals surface area contributed by atoms with Crippen LogP contribution in [0.15, 0.2) is 29.3 Å². The minimum atomic E-state index is -0.117. The van der Waals surface area contributed by atoms with Crippen LogP contribution in [-0.4, -0.2) is 42.0 Å². The van der Waals surface area contributed by atoms with E-state index < -0.39 is 0 Å². The normalized spacial score (nSPS) is 20.8. The van der Waals surface area contributed by atoms with Crippen LogP contribution in [0.3, 0.4) is 0 Å². The van der Waals surface area contributed by atoms with E-state index in [1.165, 1.54) is 6.07 Å². The third-order valence-corrected chi connectivity index (χ3v) is 5.12. The third kappa shape index (κ3) is 3.83. The first-order chi connectivity index (χ1) is 9.71. The Morgan fingerprint density at radius 3 is 2.57 bits per heavy atom. The average molecular weight is 421 g/mol. The van der Waals surface area contributed by atoms with Gasteiger partial charge in [-0.15, -0.1) is 24.0 Å². The summed E-state index contributed by atoms with van der Waals surface area (Å²) in [4.78, 5) is 6.68. The Balaban J connectivity index is 0.00000161. The molecule has 0 unspecified atom stereocenters. The zero-order valence-electron chi connectivity index (χ0n) is 11.9. The molecular weight excluding hydrogens is 400 g/mol. The highest BCUT2D eigenvalue weighted by atomic mass is 127. The van der Waals surface area contributed by atoms with Gasteiger partial charge in [-0.05, 0) is 24.5 Å². The van der Waals surface area contributed by atoms with Gasteiger partial charge in [-0.3, -0.25) is 4.99 Å². The molecule has 1 aliphatic carbocycles. The largest absolute Gasteiger partial charge is 0.370 e. The summed E-state index contributed by atoms with van der Waals surface area (Å²) in [5, 5.41) is 0. The van der Waals surface area contributed by atoms with Crippen LogP contribution in [0.2, 0.25) is 0 Å². The van der Waals surface area contributed by atoms with Crippen LogP contribution < -0.4 is 5.73 Å². The molecule has 2 aliphatic rings. The zero-order chi connectivity index (χ0) is 14.0. The van der Waals surface area contributed by atoms with Crippen LogP contribution in [0, 0.1) is 5.82 Å². The number of rotatable bonds is 3. The van der Waals surface area contributed by atoms with Gasteiger partial charge in [0.1, 0.15) is 5.82 Å². The van der Waals surface area contributed by atoms with Crippen LogP contribution in [0.1, 0.15) is 18.4 Å². The second-order valence-corrected chi connectivity index (χ2v) is 6.76. The number of nitrogens with two attached hydrogens (primary N) is 1. The fourth-order valence-electron chi connectivity index (χ4n) is 2.68. The van der Waals surface area contributed by atoms with Gasteiger partial charge in [0.15, 0.2) is 5.96 Å². The van der Waals surface area contributed by atoms with Crippen LogP contribution >= 0.6 is 35.7 Å². The van der Waals surface area contributed by atoms with Gasteiger partial charge < -0.3 is 10.6 Å². The summed E-state index contributed by atoms with van der Waals surface area (Å²) < 4.78 is 13.9. The van der Waals surface area contributed by atoms with E-state index in [0.717, 1.165) is 43.0 Å². The maximum absolute atomic E-state index is 13.9. The lowest BCUT2D eigenvalue weighted by atomic mass is 9.95. The summed E-state index contributed by atoms with van der Waals surface area (Å²) in [5.74, 6) is 2.71. The first-order valence-electron chi connectivity index (χ1n) is 7.09. The molecule has 1 aromatic rings. The summed E-state index contributed by atoms with van der Waals surface area (Å²) >= 11 is 1.95. The van der Waals surface area contributed by atoms with Crippen LogP contribution in [0.4, 0.5) is 4.39 Å². The Kier molecular flexibility index (Phi) is 5.76. The predicted molar refractivity (Wildman–Crippen MR) is 98.1 cm³/mol. The maximum Gasteiger partial charge on any atom is 0.191 e. The van der Waals surface area contributed by atoms with E-state index in [9.17, 15) is 4.39 Å². The quantitative estimate of drug-likeness (QED) is 0.464. The second-order valence-electron chi connectivity index (χ2n) is 5.53. The molecule has 6 heteroatoms. The summed E-state index contributed by atoms with van der Waals surface area (Å²) in [6.45, 7) is 2.53. The molecule has 1 heterocycles. The summed E-state index contributed by atoms with van der Waals surface area (Å²) in [5.41, 5.74) is 6.76. The molecule has 2 N–H and O–H groups in total. The highest BCUT2D eigenvalue weighted by molar-refractivity contribution is 14.0. The maximum atomic E-state index is 13.9. The molecule has 1 aliphatic heterocycles. The number of hydrogen-bond acceptors (Lipinski definition) is 2. The lowest BCUT2D eigenvalue weighted by molar-refractivity contribution is 0.453. The van der Waals surface area contributed by atoms with E-state index in [-0.39, 0.29) is 35.2 Å². The fourth-order valence-corrected chi connectivity index (χ4v) is 3.58. The minimum absolute atomic E-state index is 0. The highest BCUT2D eigenvalue weighted by Crippen LogP contribution is 2.49. The number of nitrogens with zero attached hydrogens (tertiary/aromatic N) is 2. The number of hydrogen-bond donors (Lipinski definition) is 1. The van der Waals surface area contributed by atoms with Gasteiger partial charge in [-0.25, -0.2) is 4.39 Å². The Bertz CT molecular complexity index is 513. The first kappa shape index (κ1) is 16.9. The van der Waals surface area contributed by atoms with Gasteiger partial charge in [-0.2, -0.15) is 11.8 Å². The van der Waals surface area contributed by atoms with Crippen molar-refractivity contribution in [2.75, 3.05) is 31.1 Å². The molecule has 21 heavy (non-hydrogen) atoms. The molecular formula is C15H21FIN3S. The zero-order valence-corrected chi connectivity index (χ0v) is 15.1. The van der Waals surface area contributed by atoms with Gasteiger partial charge in [-0.1, -0.05) is 18.2 Å². The molecule has 0 aromatic heterocycles. The minimum Gasteiger partial charge on any atom is -0.370 e. The van der Waals surface area contributed by atoms with E-state index in [4.69, 9.17) is 5.73 Å². The van der Waals surface area contributed by atoms with E-state index in [1.54, 1.807) is 6.07 Å². The summed E-state index contributed by atoms with van der Waals surface area (Å²) in [6.07, 6.45) is 2.00. The van der Waals surface area contributed by atoms with Crippen molar-refractivity contribution >= 4 is 41.7 Å². The van der Waals surface area contributed by atoms with E-state index in [2.05, 4.69) is 9.89 Å². The van der Waals surface area contributed by atoms with E-state index in [0.29, 0.717) is 12.5 Å². The molecule has 1 saturated heterocycles. The molecule has 1 saturated carbocycles. The Morgan fingerprint density at radius 1 is 1.29 bits per heavy atom. The van der Waals surface area contributed by atoms with Crippen LogP contribution in [-0.2, 0) is 5.41 Å². The van der Waals surface area contributed by atoms with Crippen LogP contribution in [0.25, 0.3) is 0 Å². The fraction of sp³-hybridized carbons (Fsp3) is 0.533. The molecule has 0 radical (unpaired) electrons. The number of halogens is 2. The molecule has 3 nitrogen and oxygen atoms in total. The predicted octanol–water partition coefficient (Wildman–Crippen LogP) is 2.84. The monoisotopic (exact) mass is 421 g/mol. The van der Waals surface area contributed by atoms with Gasteiger partial charge in [0.05, 0.1) is 6.54 Å². The lowest BCUT2D eigenvalue weighted by Gasteiger charge is -2.27. The first-order valence-corrected chi connectivity index (χ1v) is 8.24. The lowest BCUT2D eigenvalue weighted by Crippen LogP contribution is -2.43.